The van der Waals surface area contributed by atoms with E-state index in [1.165, 1.54) is 0 Å². The van der Waals surface area contributed by atoms with Gasteiger partial charge in [0, 0.05) is 23.0 Å². The van der Waals surface area contributed by atoms with Crippen LogP contribution in [0.15, 0.2) is 18.2 Å². The zero-order valence-electron chi connectivity index (χ0n) is 10.2. The molecule has 0 aliphatic carbocycles. The first-order valence-electron chi connectivity index (χ1n) is 5.73. The van der Waals surface area contributed by atoms with Crippen LogP contribution in [0.25, 0.3) is 0 Å². The molecule has 0 heterocycles. The molecule has 2 N–H and O–H groups in total. The fourth-order valence-electron chi connectivity index (χ4n) is 1.55. The standard InChI is InChI=1S/C13H18ClNO2/c1-9(14)5-4-8-15-13(17)11-6-3-7-12(16)10(11)2/h3,6-7,9,16H,4-5,8H2,1-2H3,(H,15,17). The Balaban J connectivity index is 2.50. The van der Waals surface area contributed by atoms with E-state index in [-0.39, 0.29) is 17.0 Å². The van der Waals surface area contributed by atoms with Crippen LogP contribution in [0.5, 0.6) is 5.75 Å². The number of aromatic hydroxyl groups is 1. The van der Waals surface area contributed by atoms with E-state index in [2.05, 4.69) is 5.32 Å². The molecule has 1 aromatic rings. The molecule has 1 unspecified atom stereocenters. The Labute approximate surface area is 107 Å². The van der Waals surface area contributed by atoms with E-state index in [0.29, 0.717) is 17.7 Å². The van der Waals surface area contributed by atoms with E-state index in [1.54, 1.807) is 25.1 Å². The van der Waals surface area contributed by atoms with Gasteiger partial charge in [0.15, 0.2) is 0 Å². The Bertz CT molecular complexity index is 391. The third kappa shape index (κ3) is 4.27. The van der Waals surface area contributed by atoms with Gasteiger partial charge >= 0.3 is 0 Å². The highest BCUT2D eigenvalue weighted by molar-refractivity contribution is 6.20. The van der Waals surface area contributed by atoms with Crippen molar-refractivity contribution < 1.29 is 9.90 Å². The Morgan fingerprint density at radius 2 is 2.24 bits per heavy atom. The highest BCUT2D eigenvalue weighted by Crippen LogP contribution is 2.19. The molecule has 0 aliphatic rings. The van der Waals surface area contributed by atoms with Crippen molar-refractivity contribution >= 4 is 17.5 Å². The molecule has 0 radical (unpaired) electrons. The number of hydrogen-bond donors (Lipinski definition) is 2. The minimum Gasteiger partial charge on any atom is -0.508 e. The molecule has 17 heavy (non-hydrogen) atoms. The molecule has 1 atom stereocenters. The lowest BCUT2D eigenvalue weighted by atomic mass is 10.1. The summed E-state index contributed by atoms with van der Waals surface area (Å²) in [6, 6.07) is 4.94. The number of nitrogens with one attached hydrogen (secondary N) is 1. The number of carbonyl (C=O) groups is 1. The first-order valence-corrected chi connectivity index (χ1v) is 6.17. The van der Waals surface area contributed by atoms with Crippen LogP contribution in [0.2, 0.25) is 0 Å². The molecule has 0 fully saturated rings. The molecule has 1 aromatic carbocycles. The third-order valence-corrected chi connectivity index (χ3v) is 2.83. The predicted octanol–water partition coefficient (Wildman–Crippen LogP) is 2.84. The molecule has 1 rings (SSSR count). The highest BCUT2D eigenvalue weighted by Gasteiger charge is 2.10. The first kappa shape index (κ1) is 13.8. The molecule has 0 spiro atoms. The van der Waals surface area contributed by atoms with Crippen molar-refractivity contribution in [1.82, 2.24) is 5.32 Å². The van der Waals surface area contributed by atoms with Crippen LogP contribution >= 0.6 is 11.6 Å². The molecule has 1 amide bonds. The number of hydrogen-bond acceptors (Lipinski definition) is 2. The van der Waals surface area contributed by atoms with Gasteiger partial charge in [0.1, 0.15) is 5.75 Å². The highest BCUT2D eigenvalue weighted by atomic mass is 35.5. The summed E-state index contributed by atoms with van der Waals surface area (Å²) in [5.74, 6) is -0.00680. The molecule has 0 bridgehead atoms. The maximum Gasteiger partial charge on any atom is 0.251 e. The van der Waals surface area contributed by atoms with E-state index in [1.807, 2.05) is 6.92 Å². The van der Waals surface area contributed by atoms with E-state index in [4.69, 9.17) is 11.6 Å². The average Bonchev–Trinajstić information content (AvgIpc) is 2.27. The number of benzene rings is 1. The number of halogens is 1. The molecule has 0 aliphatic heterocycles. The SMILES string of the molecule is Cc1c(O)cccc1C(=O)NCCCC(C)Cl. The maximum absolute atomic E-state index is 11.8. The van der Waals surface area contributed by atoms with E-state index >= 15 is 0 Å². The number of alkyl halides is 1. The van der Waals surface area contributed by atoms with Gasteiger partial charge < -0.3 is 10.4 Å². The van der Waals surface area contributed by atoms with Crippen LogP contribution < -0.4 is 5.32 Å². The fraction of sp³-hybridized carbons (Fsp3) is 0.462. The second-order valence-corrected chi connectivity index (χ2v) is 4.87. The van der Waals surface area contributed by atoms with E-state index in [9.17, 15) is 9.90 Å². The van der Waals surface area contributed by atoms with Crippen molar-refractivity contribution in [3.63, 3.8) is 0 Å². The fourth-order valence-corrected chi connectivity index (χ4v) is 1.70. The lowest BCUT2D eigenvalue weighted by Crippen LogP contribution is -2.25. The van der Waals surface area contributed by atoms with Crippen LogP contribution in [0.1, 0.15) is 35.7 Å². The zero-order chi connectivity index (χ0) is 12.8. The second-order valence-electron chi connectivity index (χ2n) is 4.13. The summed E-state index contributed by atoms with van der Waals surface area (Å²) in [6.07, 6.45) is 1.73. The lowest BCUT2D eigenvalue weighted by molar-refractivity contribution is 0.0952. The molecular weight excluding hydrogens is 238 g/mol. The summed E-state index contributed by atoms with van der Waals surface area (Å²) in [7, 11) is 0. The van der Waals surface area contributed by atoms with Crippen LogP contribution in [0.3, 0.4) is 0 Å². The summed E-state index contributed by atoms with van der Waals surface area (Å²) in [5.41, 5.74) is 1.12. The van der Waals surface area contributed by atoms with Crippen LogP contribution in [-0.4, -0.2) is 22.9 Å². The van der Waals surface area contributed by atoms with E-state index < -0.39 is 0 Å². The van der Waals surface area contributed by atoms with Gasteiger partial charge in [0.2, 0.25) is 0 Å². The normalized spacial score (nSPS) is 12.2. The van der Waals surface area contributed by atoms with Gasteiger partial charge in [-0.3, -0.25) is 4.79 Å². The third-order valence-electron chi connectivity index (χ3n) is 2.61. The smallest absolute Gasteiger partial charge is 0.251 e. The lowest BCUT2D eigenvalue weighted by Gasteiger charge is -2.09. The number of phenols is 1. The minimum absolute atomic E-state index is 0.134. The Hall–Kier alpha value is -1.22. The Morgan fingerprint density at radius 3 is 2.88 bits per heavy atom. The molecule has 94 valence electrons. The minimum atomic E-state index is -0.152. The van der Waals surface area contributed by atoms with Crippen LogP contribution in [0, 0.1) is 6.92 Å². The average molecular weight is 256 g/mol. The van der Waals surface area contributed by atoms with Crippen molar-refractivity contribution in [2.45, 2.75) is 32.1 Å². The van der Waals surface area contributed by atoms with Gasteiger partial charge in [0.25, 0.3) is 5.91 Å². The van der Waals surface area contributed by atoms with Gasteiger partial charge in [0.05, 0.1) is 0 Å². The molecule has 4 heteroatoms. The van der Waals surface area contributed by atoms with Gasteiger partial charge in [-0.05, 0) is 38.8 Å². The Kier molecular flexibility index (Phi) is 5.29. The number of phenolic OH excluding ortho intramolecular Hbond substituents is 1. The maximum atomic E-state index is 11.8. The summed E-state index contributed by atoms with van der Waals surface area (Å²) in [4.78, 5) is 11.8. The second kappa shape index (κ2) is 6.50. The van der Waals surface area contributed by atoms with Gasteiger partial charge in [-0.2, -0.15) is 0 Å². The molecule has 0 saturated heterocycles. The van der Waals surface area contributed by atoms with Crippen molar-refractivity contribution in [1.29, 1.82) is 0 Å². The van der Waals surface area contributed by atoms with Gasteiger partial charge in [-0.1, -0.05) is 6.07 Å². The monoisotopic (exact) mass is 255 g/mol. The quantitative estimate of drug-likeness (QED) is 0.628. The number of rotatable bonds is 5. The predicted molar refractivity (Wildman–Crippen MR) is 69.7 cm³/mol. The molecule has 0 saturated carbocycles. The molecular formula is C13H18ClNO2. The number of amides is 1. The summed E-state index contributed by atoms with van der Waals surface area (Å²) in [5, 5.41) is 12.4. The number of carbonyl (C=O) groups excluding carboxylic acids is 1. The molecule has 0 aromatic heterocycles. The summed E-state index contributed by atoms with van der Waals surface area (Å²) >= 11 is 5.81. The summed E-state index contributed by atoms with van der Waals surface area (Å²) < 4.78 is 0. The van der Waals surface area contributed by atoms with Gasteiger partial charge in [-0.15, -0.1) is 11.6 Å². The molecule has 3 nitrogen and oxygen atoms in total. The van der Waals surface area contributed by atoms with Crippen molar-refractivity contribution in [3.8, 4) is 5.75 Å². The topological polar surface area (TPSA) is 49.3 Å². The zero-order valence-corrected chi connectivity index (χ0v) is 10.9. The van der Waals surface area contributed by atoms with Crippen LogP contribution in [0.4, 0.5) is 0 Å². The van der Waals surface area contributed by atoms with Crippen molar-refractivity contribution in [2.75, 3.05) is 6.54 Å². The van der Waals surface area contributed by atoms with Crippen molar-refractivity contribution in [2.24, 2.45) is 0 Å². The summed E-state index contributed by atoms with van der Waals surface area (Å²) in [6.45, 7) is 4.26. The van der Waals surface area contributed by atoms with E-state index in [0.717, 1.165) is 12.8 Å². The Morgan fingerprint density at radius 1 is 1.53 bits per heavy atom. The van der Waals surface area contributed by atoms with Crippen molar-refractivity contribution in [3.05, 3.63) is 29.3 Å². The largest absolute Gasteiger partial charge is 0.508 e. The van der Waals surface area contributed by atoms with Crippen LogP contribution in [-0.2, 0) is 0 Å². The first-order chi connectivity index (χ1) is 8.02. The van der Waals surface area contributed by atoms with Gasteiger partial charge in [-0.25, -0.2) is 0 Å².